The maximum Gasteiger partial charge on any atom is 0.261 e. The van der Waals surface area contributed by atoms with Crippen molar-refractivity contribution in [3.63, 3.8) is 0 Å². The number of rotatable bonds is 9. The summed E-state index contributed by atoms with van der Waals surface area (Å²) in [6.45, 7) is 2.81. The van der Waals surface area contributed by atoms with Gasteiger partial charge in [-0.15, -0.1) is 0 Å². The molecule has 10 nitrogen and oxygen atoms in total. The highest BCUT2D eigenvalue weighted by molar-refractivity contribution is 7.92. The normalized spacial score (nSPS) is 13.8. The Balaban J connectivity index is 1.36. The number of H-pyrrole nitrogens is 1. The first-order valence-electron chi connectivity index (χ1n) is 15.4. The quantitative estimate of drug-likeness (QED) is 0.163. The molecule has 4 aromatic carbocycles. The molecule has 0 radical (unpaired) electrons. The van der Waals surface area contributed by atoms with Gasteiger partial charge in [0.2, 0.25) is 11.8 Å². The number of aromatic amines is 1. The van der Waals surface area contributed by atoms with Crippen molar-refractivity contribution in [3.8, 4) is 5.88 Å². The summed E-state index contributed by atoms with van der Waals surface area (Å²) in [7, 11) is -3.94. The summed E-state index contributed by atoms with van der Waals surface area (Å²) < 4.78 is 29.2. The predicted octanol–water partition coefficient (Wildman–Crippen LogP) is 6.21. The monoisotopic (exact) mass is 649 g/mol. The second kappa shape index (κ2) is 13.5. The van der Waals surface area contributed by atoms with E-state index in [2.05, 4.69) is 9.71 Å². The van der Waals surface area contributed by atoms with Crippen LogP contribution in [0.15, 0.2) is 113 Å². The Morgan fingerprint density at radius 3 is 2.21 bits per heavy atom. The summed E-state index contributed by atoms with van der Waals surface area (Å²) in [5.74, 6) is -0.486. The molecule has 0 unspecified atom stereocenters. The lowest BCUT2D eigenvalue weighted by atomic mass is 10.0. The largest absolute Gasteiger partial charge is 0.494 e. The zero-order valence-corrected chi connectivity index (χ0v) is 26.7. The standard InChI is InChI=1S/C36H35N5O5S/c1-25(42)41(24-33(43)40-21-9-4-10-22-40)29-17-15-27(16-18-29)37-35(26-11-5-2-6-12-26)34-31-23-30(19-20-32(31)38-36(34)44)47(45,46)39-28-13-7-3-8-14-28/h2-3,5-8,11-20,23,38-39,44H,4,9-10,21-22,24H2,1H3. The van der Waals surface area contributed by atoms with Crippen molar-refractivity contribution < 1.29 is 23.1 Å². The number of benzene rings is 4. The van der Waals surface area contributed by atoms with E-state index in [-0.39, 0.29) is 29.1 Å². The number of aliphatic imine (C=N–C) groups is 1. The van der Waals surface area contributed by atoms with E-state index in [1.54, 1.807) is 60.7 Å². The van der Waals surface area contributed by atoms with Gasteiger partial charge >= 0.3 is 0 Å². The summed E-state index contributed by atoms with van der Waals surface area (Å²) in [5.41, 5.74) is 3.51. The Labute approximate surface area is 273 Å². The van der Waals surface area contributed by atoms with Gasteiger partial charge in [0.25, 0.3) is 10.0 Å². The Morgan fingerprint density at radius 1 is 0.894 bits per heavy atom. The first kappa shape index (κ1) is 31.6. The lowest BCUT2D eigenvalue weighted by Gasteiger charge is -2.29. The fourth-order valence-corrected chi connectivity index (χ4v) is 6.83. The van der Waals surface area contributed by atoms with Gasteiger partial charge < -0.3 is 19.9 Å². The number of aromatic hydroxyl groups is 1. The molecule has 0 atom stereocenters. The maximum atomic E-state index is 13.3. The fraction of sp³-hybridized carbons (Fsp3) is 0.194. The van der Waals surface area contributed by atoms with Crippen molar-refractivity contribution in [2.24, 2.45) is 4.99 Å². The summed E-state index contributed by atoms with van der Waals surface area (Å²) >= 11 is 0. The van der Waals surface area contributed by atoms with Crippen molar-refractivity contribution in [1.29, 1.82) is 0 Å². The van der Waals surface area contributed by atoms with Crippen molar-refractivity contribution in [2.45, 2.75) is 31.1 Å². The fourth-order valence-electron chi connectivity index (χ4n) is 5.74. The number of nitrogens with zero attached hydrogens (tertiary/aromatic N) is 3. The Hall–Kier alpha value is -5.42. The van der Waals surface area contributed by atoms with Gasteiger partial charge in [-0.05, 0) is 73.9 Å². The summed E-state index contributed by atoms with van der Waals surface area (Å²) in [6.07, 6.45) is 3.04. The second-order valence-electron chi connectivity index (χ2n) is 11.4. The number of nitrogens with one attached hydrogen (secondary N) is 2. The van der Waals surface area contributed by atoms with E-state index in [4.69, 9.17) is 4.99 Å². The van der Waals surface area contributed by atoms with E-state index in [9.17, 15) is 23.1 Å². The number of piperidine rings is 1. The highest BCUT2D eigenvalue weighted by atomic mass is 32.2. The molecular weight excluding hydrogens is 614 g/mol. The first-order chi connectivity index (χ1) is 22.7. The third-order valence-electron chi connectivity index (χ3n) is 8.16. The van der Waals surface area contributed by atoms with Crippen LogP contribution in [0.5, 0.6) is 5.88 Å². The maximum absolute atomic E-state index is 13.3. The Bertz CT molecular complexity index is 2040. The zero-order valence-electron chi connectivity index (χ0n) is 25.9. The summed E-state index contributed by atoms with van der Waals surface area (Å²) in [4.78, 5) is 36.7. The van der Waals surface area contributed by atoms with Gasteiger partial charge in [0.05, 0.1) is 21.9 Å². The van der Waals surface area contributed by atoms with E-state index in [1.807, 2.05) is 35.2 Å². The molecule has 2 amide bonds. The van der Waals surface area contributed by atoms with E-state index < -0.39 is 10.0 Å². The summed E-state index contributed by atoms with van der Waals surface area (Å²) in [6, 6.07) is 29.4. The first-order valence-corrected chi connectivity index (χ1v) is 16.9. The number of carbonyl (C=O) groups is 2. The topological polar surface area (TPSA) is 135 Å². The van der Waals surface area contributed by atoms with Crippen molar-refractivity contribution in [3.05, 3.63) is 114 Å². The van der Waals surface area contributed by atoms with Crippen LogP contribution < -0.4 is 9.62 Å². The molecule has 240 valence electrons. The molecule has 0 bridgehead atoms. The molecule has 3 N–H and O–H groups in total. The third-order valence-corrected chi connectivity index (χ3v) is 9.53. The van der Waals surface area contributed by atoms with E-state index >= 15 is 0 Å². The average molecular weight is 650 g/mol. The number of para-hydroxylation sites is 1. The lowest BCUT2D eigenvalue weighted by Crippen LogP contribution is -2.44. The molecule has 1 aromatic heterocycles. The predicted molar refractivity (Wildman–Crippen MR) is 184 cm³/mol. The highest BCUT2D eigenvalue weighted by Gasteiger charge is 2.24. The molecule has 6 rings (SSSR count). The number of anilines is 2. The molecule has 11 heteroatoms. The van der Waals surface area contributed by atoms with Crippen molar-refractivity contribution >= 4 is 55.5 Å². The Kier molecular flexibility index (Phi) is 9.08. The molecule has 1 aliphatic rings. The van der Waals surface area contributed by atoms with E-state index in [0.29, 0.717) is 57.9 Å². The second-order valence-corrected chi connectivity index (χ2v) is 13.1. The third kappa shape index (κ3) is 7.05. The van der Waals surface area contributed by atoms with Crippen LogP contribution in [0.3, 0.4) is 0 Å². The number of sulfonamides is 1. The van der Waals surface area contributed by atoms with Crippen LogP contribution in [0.4, 0.5) is 17.1 Å². The number of fused-ring (bicyclic) bond motifs is 1. The number of aromatic nitrogens is 1. The van der Waals surface area contributed by atoms with E-state index in [0.717, 1.165) is 19.3 Å². The van der Waals surface area contributed by atoms with Gasteiger partial charge in [0.1, 0.15) is 6.54 Å². The number of likely N-dealkylation sites (tertiary alicyclic amines) is 1. The molecule has 0 saturated carbocycles. The van der Waals surface area contributed by atoms with Crippen LogP contribution >= 0.6 is 0 Å². The Morgan fingerprint density at radius 2 is 1.55 bits per heavy atom. The van der Waals surface area contributed by atoms with Crippen LogP contribution in [-0.4, -0.2) is 60.6 Å². The average Bonchev–Trinajstić information content (AvgIpc) is 3.42. The minimum absolute atomic E-state index is 0.0225. The van der Waals surface area contributed by atoms with Gasteiger partial charge in [0, 0.05) is 47.9 Å². The highest BCUT2D eigenvalue weighted by Crippen LogP contribution is 2.34. The number of hydrogen-bond donors (Lipinski definition) is 3. The van der Waals surface area contributed by atoms with Crippen molar-refractivity contribution in [1.82, 2.24) is 9.88 Å². The van der Waals surface area contributed by atoms with Gasteiger partial charge in [0.15, 0.2) is 5.88 Å². The van der Waals surface area contributed by atoms with Crippen LogP contribution in [0.2, 0.25) is 0 Å². The van der Waals surface area contributed by atoms with Crippen LogP contribution in [0.25, 0.3) is 10.9 Å². The molecule has 0 spiro atoms. The molecular formula is C36H35N5O5S. The molecule has 0 aliphatic carbocycles. The van der Waals surface area contributed by atoms with Crippen LogP contribution in [0, 0.1) is 0 Å². The van der Waals surface area contributed by atoms with Gasteiger partial charge in [-0.3, -0.25) is 14.3 Å². The molecule has 1 fully saturated rings. The van der Waals surface area contributed by atoms with Gasteiger partial charge in [-0.25, -0.2) is 13.4 Å². The smallest absolute Gasteiger partial charge is 0.261 e. The molecule has 47 heavy (non-hydrogen) atoms. The molecule has 1 saturated heterocycles. The number of hydrogen-bond acceptors (Lipinski definition) is 6. The van der Waals surface area contributed by atoms with E-state index in [1.165, 1.54) is 24.0 Å². The lowest BCUT2D eigenvalue weighted by molar-refractivity contribution is -0.132. The van der Waals surface area contributed by atoms with Crippen molar-refractivity contribution in [2.75, 3.05) is 29.3 Å². The minimum Gasteiger partial charge on any atom is -0.494 e. The molecule has 1 aliphatic heterocycles. The number of amides is 2. The molecule has 5 aromatic rings. The SMILES string of the molecule is CC(=O)N(CC(=O)N1CCCCC1)c1ccc(N=C(c2ccccc2)c2c(O)[nH]c3ccc(S(=O)(=O)Nc4ccccc4)cc23)cc1. The van der Waals surface area contributed by atoms with Crippen LogP contribution in [0.1, 0.15) is 37.3 Å². The minimum atomic E-state index is -3.94. The number of carbonyl (C=O) groups excluding carboxylic acids is 2. The zero-order chi connectivity index (χ0) is 33.0. The molecule has 2 heterocycles. The van der Waals surface area contributed by atoms with Crippen LogP contribution in [-0.2, 0) is 19.6 Å². The summed E-state index contributed by atoms with van der Waals surface area (Å²) in [5, 5.41) is 11.6. The van der Waals surface area contributed by atoms with Gasteiger partial charge in [-0.1, -0.05) is 48.5 Å². The van der Waals surface area contributed by atoms with Gasteiger partial charge in [-0.2, -0.15) is 0 Å².